The van der Waals surface area contributed by atoms with Crippen LogP contribution in [0.1, 0.15) is 17.3 Å². The van der Waals surface area contributed by atoms with Crippen LogP contribution in [0, 0.1) is 0 Å². The van der Waals surface area contributed by atoms with Crippen molar-refractivity contribution in [3.63, 3.8) is 0 Å². The van der Waals surface area contributed by atoms with Gasteiger partial charge >= 0.3 is 0 Å². The zero-order chi connectivity index (χ0) is 10.4. The number of thiophene rings is 1. The molecule has 15 heavy (non-hydrogen) atoms. The predicted molar refractivity (Wildman–Crippen MR) is 62.6 cm³/mol. The molecule has 78 valence electrons. The molecule has 2 aromatic rings. The van der Waals surface area contributed by atoms with Gasteiger partial charge in [-0.25, -0.2) is 4.98 Å². The molecule has 0 fully saturated rings. The number of hydrogen-bond donors (Lipinski definition) is 0. The molecule has 0 aromatic carbocycles. The van der Waals surface area contributed by atoms with Crippen molar-refractivity contribution in [1.82, 2.24) is 9.55 Å². The minimum Gasteiger partial charge on any atom is -0.483 e. The molecule has 0 aliphatic carbocycles. The Hall–Kier alpha value is -0.810. The molecule has 0 radical (unpaired) electrons. The average Bonchev–Trinajstić information content (AvgIpc) is 2.81. The Morgan fingerprint density at radius 2 is 2.53 bits per heavy atom. The van der Waals surface area contributed by atoms with Crippen LogP contribution in [-0.4, -0.2) is 16.2 Å². The lowest BCUT2D eigenvalue weighted by Gasteiger charge is -2.07. The molecule has 1 unspecified atom stereocenters. The highest BCUT2D eigenvalue weighted by atomic mass is 79.9. The minimum absolute atomic E-state index is 0.280. The third-order valence-electron chi connectivity index (χ3n) is 2.62. The topological polar surface area (TPSA) is 27.1 Å². The van der Waals surface area contributed by atoms with Gasteiger partial charge in [-0.2, -0.15) is 0 Å². The third-order valence-corrected chi connectivity index (χ3v) is 4.19. The summed E-state index contributed by atoms with van der Waals surface area (Å²) in [5.41, 5.74) is 1.25. The number of rotatable bonds is 1. The molecule has 3 heterocycles. The van der Waals surface area contributed by atoms with Gasteiger partial charge in [0.2, 0.25) is 0 Å². The van der Waals surface area contributed by atoms with Gasteiger partial charge in [-0.15, -0.1) is 0 Å². The molecule has 5 heteroatoms. The molecule has 1 aliphatic rings. The fourth-order valence-electron chi connectivity index (χ4n) is 1.89. The van der Waals surface area contributed by atoms with Crippen molar-refractivity contribution in [3.8, 4) is 5.06 Å². The van der Waals surface area contributed by atoms with Gasteiger partial charge in [-0.1, -0.05) is 11.3 Å². The predicted octanol–water partition coefficient (Wildman–Crippen LogP) is 2.77. The number of nitrogens with zero attached hydrogens (tertiary/aromatic N) is 2. The molecular weight excluding hydrogens is 276 g/mol. The number of halogens is 1. The third kappa shape index (κ3) is 1.41. The Balaban J connectivity index is 2.07. The monoisotopic (exact) mass is 284 g/mol. The maximum atomic E-state index is 5.65. The molecule has 1 aliphatic heterocycles. The normalized spacial score (nSPS) is 18.9. The van der Waals surface area contributed by atoms with Crippen molar-refractivity contribution in [2.75, 3.05) is 6.61 Å². The molecular formula is C10H9BrN2OS. The van der Waals surface area contributed by atoms with E-state index in [1.807, 2.05) is 19.4 Å². The smallest absolute Gasteiger partial charge is 0.178 e. The molecule has 0 N–H and O–H groups in total. The van der Waals surface area contributed by atoms with Crippen LogP contribution in [0.2, 0.25) is 0 Å². The van der Waals surface area contributed by atoms with E-state index in [0.717, 1.165) is 14.7 Å². The summed E-state index contributed by atoms with van der Waals surface area (Å²) in [6.45, 7) is 0.708. The summed E-state index contributed by atoms with van der Waals surface area (Å²) >= 11 is 5.12. The van der Waals surface area contributed by atoms with Crippen LogP contribution in [0.4, 0.5) is 0 Å². The van der Waals surface area contributed by atoms with Crippen LogP contribution in [0.15, 0.2) is 22.2 Å². The van der Waals surface area contributed by atoms with E-state index in [4.69, 9.17) is 4.74 Å². The van der Waals surface area contributed by atoms with E-state index in [-0.39, 0.29) is 5.92 Å². The quantitative estimate of drug-likeness (QED) is 0.805. The second-order valence-electron chi connectivity index (χ2n) is 3.55. The fourth-order valence-corrected chi connectivity index (χ4v) is 3.39. The number of fused-ring (bicyclic) bond motifs is 1. The Morgan fingerprint density at radius 1 is 1.67 bits per heavy atom. The molecule has 0 saturated carbocycles. The van der Waals surface area contributed by atoms with E-state index in [1.54, 1.807) is 11.3 Å². The SMILES string of the molecule is Cn1ccnc1C1COc2sc(Br)cc21. The van der Waals surface area contributed by atoms with Gasteiger partial charge < -0.3 is 9.30 Å². The van der Waals surface area contributed by atoms with Crippen molar-refractivity contribution in [2.45, 2.75) is 5.92 Å². The second-order valence-corrected chi connectivity index (χ2v) is 5.95. The first-order chi connectivity index (χ1) is 7.25. The lowest BCUT2D eigenvalue weighted by molar-refractivity contribution is 0.345. The Labute approximate surface area is 99.8 Å². The number of hydrogen-bond acceptors (Lipinski definition) is 3. The second kappa shape index (κ2) is 3.35. The first kappa shape index (κ1) is 9.42. The molecule has 2 aromatic heterocycles. The van der Waals surface area contributed by atoms with Gasteiger partial charge in [0.15, 0.2) is 5.06 Å². The van der Waals surface area contributed by atoms with Crippen molar-refractivity contribution < 1.29 is 4.74 Å². The number of imidazole rings is 1. The summed E-state index contributed by atoms with van der Waals surface area (Å²) in [7, 11) is 2.02. The van der Waals surface area contributed by atoms with Crippen molar-refractivity contribution in [3.05, 3.63) is 33.6 Å². The van der Waals surface area contributed by atoms with Crippen LogP contribution in [0.5, 0.6) is 5.06 Å². The summed E-state index contributed by atoms with van der Waals surface area (Å²) in [4.78, 5) is 4.38. The zero-order valence-electron chi connectivity index (χ0n) is 8.11. The van der Waals surface area contributed by atoms with Crippen LogP contribution in [-0.2, 0) is 7.05 Å². The molecule has 0 spiro atoms. The first-order valence-electron chi connectivity index (χ1n) is 4.65. The van der Waals surface area contributed by atoms with Gasteiger partial charge in [-0.05, 0) is 22.0 Å². The van der Waals surface area contributed by atoms with Gasteiger partial charge in [0.25, 0.3) is 0 Å². The maximum Gasteiger partial charge on any atom is 0.178 e. The molecule has 3 rings (SSSR count). The molecule has 3 nitrogen and oxygen atoms in total. The lowest BCUT2D eigenvalue weighted by atomic mass is 10.0. The lowest BCUT2D eigenvalue weighted by Crippen LogP contribution is -2.08. The zero-order valence-corrected chi connectivity index (χ0v) is 10.5. The van der Waals surface area contributed by atoms with E-state index in [2.05, 4.69) is 31.5 Å². The van der Waals surface area contributed by atoms with Crippen LogP contribution in [0.25, 0.3) is 0 Å². The summed E-state index contributed by atoms with van der Waals surface area (Å²) < 4.78 is 8.81. The van der Waals surface area contributed by atoms with Gasteiger partial charge in [0, 0.05) is 25.0 Å². The van der Waals surface area contributed by atoms with E-state index in [9.17, 15) is 0 Å². The van der Waals surface area contributed by atoms with E-state index < -0.39 is 0 Å². The van der Waals surface area contributed by atoms with E-state index >= 15 is 0 Å². The summed E-state index contributed by atoms with van der Waals surface area (Å²) in [6, 6.07) is 2.13. The number of ether oxygens (including phenoxy) is 1. The Bertz CT molecular complexity index is 505. The van der Waals surface area contributed by atoms with Gasteiger partial charge in [0.1, 0.15) is 12.4 Å². The number of aromatic nitrogens is 2. The van der Waals surface area contributed by atoms with Crippen molar-refractivity contribution in [2.24, 2.45) is 7.05 Å². The summed E-state index contributed by atoms with van der Waals surface area (Å²) in [6.07, 6.45) is 3.80. The van der Waals surface area contributed by atoms with E-state index in [1.165, 1.54) is 5.56 Å². The molecule has 0 bridgehead atoms. The minimum atomic E-state index is 0.280. The highest BCUT2D eigenvalue weighted by Gasteiger charge is 2.30. The van der Waals surface area contributed by atoms with E-state index in [0.29, 0.717) is 6.61 Å². The fraction of sp³-hybridized carbons (Fsp3) is 0.300. The summed E-state index contributed by atoms with van der Waals surface area (Å²) in [5, 5.41) is 1.02. The summed E-state index contributed by atoms with van der Waals surface area (Å²) in [5.74, 6) is 1.35. The van der Waals surface area contributed by atoms with Crippen molar-refractivity contribution in [1.29, 1.82) is 0 Å². The van der Waals surface area contributed by atoms with Crippen LogP contribution >= 0.6 is 27.3 Å². The first-order valence-corrected chi connectivity index (χ1v) is 6.26. The standard InChI is InChI=1S/C10H9BrN2OS/c1-13-3-2-12-9(13)7-5-14-10-6(7)4-8(11)15-10/h2-4,7H,5H2,1H3. The average molecular weight is 285 g/mol. The van der Waals surface area contributed by atoms with Crippen LogP contribution in [0.3, 0.4) is 0 Å². The molecule has 0 amide bonds. The maximum absolute atomic E-state index is 5.65. The number of aryl methyl sites for hydroxylation is 1. The largest absolute Gasteiger partial charge is 0.483 e. The molecule has 0 saturated heterocycles. The Kier molecular flexibility index (Phi) is 2.10. The van der Waals surface area contributed by atoms with Crippen LogP contribution < -0.4 is 4.74 Å². The highest BCUT2D eigenvalue weighted by molar-refractivity contribution is 9.11. The highest BCUT2D eigenvalue weighted by Crippen LogP contribution is 2.45. The van der Waals surface area contributed by atoms with Gasteiger partial charge in [-0.3, -0.25) is 0 Å². The Morgan fingerprint density at radius 3 is 3.27 bits per heavy atom. The van der Waals surface area contributed by atoms with Gasteiger partial charge in [0.05, 0.1) is 9.70 Å². The molecule has 1 atom stereocenters. The van der Waals surface area contributed by atoms with Crippen molar-refractivity contribution >= 4 is 27.3 Å².